The maximum atomic E-state index is 12.0. The number of nitrogens with one attached hydrogen (secondary N) is 1. The van der Waals surface area contributed by atoms with Gasteiger partial charge in [-0.2, -0.15) is 0 Å². The summed E-state index contributed by atoms with van der Waals surface area (Å²) in [7, 11) is 0. The minimum Gasteiger partial charge on any atom is -0.480 e. The van der Waals surface area contributed by atoms with Crippen molar-refractivity contribution < 1.29 is 19.8 Å². The molecule has 1 rings (SSSR count). The lowest BCUT2D eigenvalue weighted by Gasteiger charge is -2.30. The Morgan fingerprint density at radius 1 is 1.39 bits per heavy atom. The normalized spacial score (nSPS) is 24.1. The van der Waals surface area contributed by atoms with Crippen molar-refractivity contribution in [3.63, 3.8) is 0 Å². The van der Waals surface area contributed by atoms with E-state index in [1.54, 1.807) is 20.8 Å². The van der Waals surface area contributed by atoms with E-state index in [-0.39, 0.29) is 6.54 Å². The fraction of sp³-hybridized carbons (Fsp3) is 0.833. The van der Waals surface area contributed by atoms with Crippen LogP contribution in [0.15, 0.2) is 0 Å². The predicted molar refractivity (Wildman–Crippen MR) is 66.3 cm³/mol. The van der Waals surface area contributed by atoms with Crippen LogP contribution in [-0.2, 0) is 4.79 Å². The zero-order chi connectivity index (χ0) is 14.0. The lowest BCUT2D eigenvalue weighted by Crippen LogP contribution is -2.57. The molecule has 1 saturated heterocycles. The maximum absolute atomic E-state index is 12.0. The van der Waals surface area contributed by atoms with Gasteiger partial charge in [0.25, 0.3) is 0 Å². The van der Waals surface area contributed by atoms with Crippen molar-refractivity contribution in [2.75, 3.05) is 13.1 Å². The Morgan fingerprint density at radius 2 is 1.94 bits per heavy atom. The minimum absolute atomic E-state index is 0.238. The summed E-state index contributed by atoms with van der Waals surface area (Å²) in [6.45, 7) is 5.82. The van der Waals surface area contributed by atoms with Gasteiger partial charge >= 0.3 is 12.0 Å². The van der Waals surface area contributed by atoms with Crippen LogP contribution >= 0.6 is 0 Å². The minimum atomic E-state index is -1.22. The third-order valence-corrected chi connectivity index (χ3v) is 3.70. The lowest BCUT2D eigenvalue weighted by molar-refractivity contribution is -0.144. The average molecular weight is 258 g/mol. The van der Waals surface area contributed by atoms with Crippen LogP contribution in [0.1, 0.15) is 40.0 Å². The quantitative estimate of drug-likeness (QED) is 0.695. The molecule has 6 nitrogen and oxygen atoms in total. The van der Waals surface area contributed by atoms with E-state index in [0.717, 1.165) is 0 Å². The third kappa shape index (κ3) is 2.93. The zero-order valence-corrected chi connectivity index (χ0v) is 11.2. The first kappa shape index (κ1) is 14.8. The molecule has 0 aromatic heterocycles. The van der Waals surface area contributed by atoms with Crippen LogP contribution in [0.5, 0.6) is 0 Å². The summed E-state index contributed by atoms with van der Waals surface area (Å²) >= 11 is 0. The summed E-state index contributed by atoms with van der Waals surface area (Å²) in [6, 6.07) is -0.418. The number of urea groups is 1. The summed E-state index contributed by atoms with van der Waals surface area (Å²) in [5.74, 6) is -1.02. The Hall–Kier alpha value is -1.30. The largest absolute Gasteiger partial charge is 0.480 e. The van der Waals surface area contributed by atoms with Gasteiger partial charge in [0, 0.05) is 6.54 Å². The number of nitrogens with zero attached hydrogens (tertiary/aromatic N) is 1. The van der Waals surface area contributed by atoms with Crippen LogP contribution < -0.4 is 5.32 Å². The van der Waals surface area contributed by atoms with Gasteiger partial charge in [0.15, 0.2) is 0 Å². The van der Waals surface area contributed by atoms with Gasteiger partial charge in [-0.1, -0.05) is 13.8 Å². The van der Waals surface area contributed by atoms with E-state index in [1.807, 2.05) is 0 Å². The highest BCUT2D eigenvalue weighted by atomic mass is 16.4. The molecule has 0 aromatic rings. The van der Waals surface area contributed by atoms with Crippen molar-refractivity contribution >= 4 is 12.0 Å². The highest BCUT2D eigenvalue weighted by molar-refractivity contribution is 5.86. The Labute approximate surface area is 107 Å². The monoisotopic (exact) mass is 258 g/mol. The highest BCUT2D eigenvalue weighted by Gasteiger charge is 2.40. The second kappa shape index (κ2) is 5.14. The van der Waals surface area contributed by atoms with E-state index in [0.29, 0.717) is 25.8 Å². The van der Waals surface area contributed by atoms with Crippen LogP contribution in [0.2, 0.25) is 0 Å². The molecule has 0 bridgehead atoms. The number of hydrogen-bond acceptors (Lipinski definition) is 3. The number of aliphatic hydroxyl groups is 1. The first-order chi connectivity index (χ1) is 8.26. The standard InChI is InChI=1S/C12H22N2O4/c1-4-12(5-2,9(15)16)13-10(17)14-7-6-11(3,18)8-14/h18H,4-8H2,1-3H3,(H,13,17)(H,15,16). The molecule has 6 heteroatoms. The second-order valence-corrected chi connectivity index (χ2v) is 5.19. The number of likely N-dealkylation sites (tertiary alicyclic amines) is 1. The molecule has 1 fully saturated rings. The van der Waals surface area contributed by atoms with Crippen LogP contribution in [0.4, 0.5) is 4.79 Å². The van der Waals surface area contributed by atoms with E-state index in [4.69, 9.17) is 0 Å². The molecule has 3 N–H and O–H groups in total. The summed E-state index contributed by atoms with van der Waals surface area (Å²) in [5, 5.41) is 21.6. The summed E-state index contributed by atoms with van der Waals surface area (Å²) in [5.41, 5.74) is -2.09. The van der Waals surface area contributed by atoms with E-state index in [2.05, 4.69) is 5.32 Å². The van der Waals surface area contributed by atoms with Gasteiger partial charge in [-0.3, -0.25) is 0 Å². The van der Waals surface area contributed by atoms with E-state index >= 15 is 0 Å². The van der Waals surface area contributed by atoms with Crippen molar-refractivity contribution in [1.29, 1.82) is 0 Å². The predicted octanol–water partition coefficient (Wildman–Crippen LogP) is 0.796. The van der Waals surface area contributed by atoms with Gasteiger partial charge in [0.2, 0.25) is 0 Å². The van der Waals surface area contributed by atoms with Crippen LogP contribution in [0, 0.1) is 0 Å². The first-order valence-corrected chi connectivity index (χ1v) is 6.29. The molecule has 1 atom stereocenters. The van der Waals surface area contributed by atoms with Crippen molar-refractivity contribution in [3.8, 4) is 0 Å². The summed E-state index contributed by atoms with van der Waals surface area (Å²) in [4.78, 5) is 24.8. The summed E-state index contributed by atoms with van der Waals surface area (Å²) < 4.78 is 0. The number of carboxylic acid groups (broad SMARTS) is 1. The molecule has 1 unspecified atom stereocenters. The van der Waals surface area contributed by atoms with Crippen LogP contribution in [-0.4, -0.2) is 51.3 Å². The van der Waals surface area contributed by atoms with Gasteiger partial charge in [0.1, 0.15) is 5.54 Å². The van der Waals surface area contributed by atoms with Gasteiger partial charge in [-0.25, -0.2) is 9.59 Å². The molecule has 18 heavy (non-hydrogen) atoms. The second-order valence-electron chi connectivity index (χ2n) is 5.19. The highest BCUT2D eigenvalue weighted by Crippen LogP contribution is 2.22. The number of carbonyl (C=O) groups excluding carboxylic acids is 1. The topological polar surface area (TPSA) is 89.9 Å². The molecule has 1 heterocycles. The Morgan fingerprint density at radius 3 is 2.28 bits per heavy atom. The van der Waals surface area contributed by atoms with Crippen molar-refractivity contribution in [1.82, 2.24) is 10.2 Å². The fourth-order valence-corrected chi connectivity index (χ4v) is 2.18. The Bertz CT molecular complexity index is 337. The van der Waals surface area contributed by atoms with Crippen LogP contribution in [0.25, 0.3) is 0 Å². The van der Waals surface area contributed by atoms with Crippen molar-refractivity contribution in [3.05, 3.63) is 0 Å². The molecular formula is C12H22N2O4. The van der Waals surface area contributed by atoms with E-state index < -0.39 is 23.1 Å². The molecule has 0 radical (unpaired) electrons. The first-order valence-electron chi connectivity index (χ1n) is 6.29. The van der Waals surface area contributed by atoms with Gasteiger partial charge in [0.05, 0.1) is 12.1 Å². The number of carboxylic acids is 1. The van der Waals surface area contributed by atoms with Crippen molar-refractivity contribution in [2.24, 2.45) is 0 Å². The molecule has 0 aromatic carbocycles. The fourth-order valence-electron chi connectivity index (χ4n) is 2.18. The third-order valence-electron chi connectivity index (χ3n) is 3.70. The smallest absolute Gasteiger partial charge is 0.329 e. The molecule has 0 saturated carbocycles. The van der Waals surface area contributed by atoms with Gasteiger partial charge < -0.3 is 20.4 Å². The van der Waals surface area contributed by atoms with Crippen LogP contribution in [0.3, 0.4) is 0 Å². The molecule has 0 spiro atoms. The SMILES string of the molecule is CCC(CC)(NC(=O)N1CCC(C)(O)C1)C(=O)O. The molecule has 2 amide bonds. The lowest BCUT2D eigenvalue weighted by atomic mass is 9.93. The number of carbonyl (C=O) groups is 2. The molecule has 1 aliphatic rings. The number of aliphatic carboxylic acids is 1. The Kier molecular flexibility index (Phi) is 4.21. The summed E-state index contributed by atoms with van der Waals surface area (Å²) in [6.07, 6.45) is 1.17. The molecule has 0 aliphatic carbocycles. The number of hydrogen-bond donors (Lipinski definition) is 3. The molecule has 1 aliphatic heterocycles. The number of amides is 2. The van der Waals surface area contributed by atoms with E-state index in [1.165, 1.54) is 4.90 Å². The maximum Gasteiger partial charge on any atom is 0.329 e. The molecule has 104 valence electrons. The van der Waals surface area contributed by atoms with Gasteiger partial charge in [-0.15, -0.1) is 0 Å². The van der Waals surface area contributed by atoms with E-state index in [9.17, 15) is 19.8 Å². The Balaban J connectivity index is 2.72. The zero-order valence-electron chi connectivity index (χ0n) is 11.2. The van der Waals surface area contributed by atoms with Gasteiger partial charge in [-0.05, 0) is 26.2 Å². The molecular weight excluding hydrogens is 236 g/mol. The number of rotatable bonds is 4. The van der Waals surface area contributed by atoms with Crippen molar-refractivity contribution in [2.45, 2.75) is 51.2 Å². The number of β-amino-alcohol motifs (C(OH)–C–C–N with tert-alkyl or cyclic N) is 1. The average Bonchev–Trinajstić information content (AvgIpc) is 2.66.